The Morgan fingerprint density at radius 2 is 1.83 bits per heavy atom. The van der Waals surface area contributed by atoms with Crippen LogP contribution in [0.2, 0.25) is 0 Å². The minimum atomic E-state index is -0.238. The van der Waals surface area contributed by atoms with Gasteiger partial charge in [0, 0.05) is 4.47 Å². The highest BCUT2D eigenvalue weighted by atomic mass is 79.9. The van der Waals surface area contributed by atoms with Crippen molar-refractivity contribution in [2.24, 2.45) is 5.92 Å². The number of hydrogen-bond donors (Lipinski definition) is 1. The van der Waals surface area contributed by atoms with Crippen LogP contribution in [-0.2, 0) is 0 Å². The van der Waals surface area contributed by atoms with Gasteiger partial charge in [-0.05, 0) is 36.5 Å². The van der Waals surface area contributed by atoms with E-state index in [0.29, 0.717) is 5.92 Å². The standard InChI is InChI=1S/C10H11BrO/c11-9-5-3-8(4-6-9)10(12)7-1-2-7/h3-7,10,12H,1-2H2. The van der Waals surface area contributed by atoms with Gasteiger partial charge in [-0.25, -0.2) is 0 Å². The maximum atomic E-state index is 9.74. The second-order valence-corrected chi connectivity index (χ2v) is 4.25. The van der Waals surface area contributed by atoms with Crippen LogP contribution in [0.3, 0.4) is 0 Å². The highest BCUT2D eigenvalue weighted by molar-refractivity contribution is 9.10. The maximum absolute atomic E-state index is 9.74. The zero-order valence-electron chi connectivity index (χ0n) is 6.70. The minimum Gasteiger partial charge on any atom is -0.388 e. The van der Waals surface area contributed by atoms with Crippen molar-refractivity contribution in [2.75, 3.05) is 0 Å². The minimum absolute atomic E-state index is 0.238. The van der Waals surface area contributed by atoms with E-state index in [1.807, 2.05) is 24.3 Å². The molecule has 1 N–H and O–H groups in total. The number of hydrogen-bond acceptors (Lipinski definition) is 1. The Bertz CT molecular complexity index is 264. The van der Waals surface area contributed by atoms with Crippen molar-refractivity contribution in [1.29, 1.82) is 0 Å². The van der Waals surface area contributed by atoms with Crippen molar-refractivity contribution in [3.8, 4) is 0 Å². The molecule has 1 fully saturated rings. The molecule has 64 valence electrons. The van der Waals surface area contributed by atoms with Crippen molar-refractivity contribution >= 4 is 15.9 Å². The summed E-state index contributed by atoms with van der Waals surface area (Å²) in [6, 6.07) is 7.90. The second kappa shape index (κ2) is 3.19. The summed E-state index contributed by atoms with van der Waals surface area (Å²) >= 11 is 3.37. The van der Waals surface area contributed by atoms with Crippen LogP contribution in [0.15, 0.2) is 28.7 Å². The summed E-state index contributed by atoms with van der Waals surface area (Å²) in [4.78, 5) is 0. The fourth-order valence-corrected chi connectivity index (χ4v) is 1.61. The van der Waals surface area contributed by atoms with Gasteiger partial charge in [0.05, 0.1) is 6.10 Å². The zero-order chi connectivity index (χ0) is 8.55. The first-order valence-corrected chi connectivity index (χ1v) is 5.00. The van der Waals surface area contributed by atoms with Crippen molar-refractivity contribution < 1.29 is 5.11 Å². The molecule has 1 nitrogen and oxygen atoms in total. The smallest absolute Gasteiger partial charge is 0.0818 e. The molecule has 0 spiro atoms. The molecule has 0 aromatic heterocycles. The Morgan fingerprint density at radius 1 is 1.25 bits per heavy atom. The van der Waals surface area contributed by atoms with Crippen LogP contribution in [0.4, 0.5) is 0 Å². The first-order valence-electron chi connectivity index (χ1n) is 4.21. The van der Waals surface area contributed by atoms with Crippen LogP contribution < -0.4 is 0 Å². The monoisotopic (exact) mass is 226 g/mol. The fourth-order valence-electron chi connectivity index (χ4n) is 1.34. The van der Waals surface area contributed by atoms with Crippen LogP contribution in [0.25, 0.3) is 0 Å². The van der Waals surface area contributed by atoms with E-state index in [2.05, 4.69) is 15.9 Å². The van der Waals surface area contributed by atoms with Gasteiger partial charge in [-0.1, -0.05) is 28.1 Å². The van der Waals surface area contributed by atoms with Crippen molar-refractivity contribution in [2.45, 2.75) is 18.9 Å². The van der Waals surface area contributed by atoms with Crippen molar-refractivity contribution in [3.63, 3.8) is 0 Å². The summed E-state index contributed by atoms with van der Waals surface area (Å²) in [5.74, 6) is 0.520. The van der Waals surface area contributed by atoms with Gasteiger partial charge < -0.3 is 5.11 Å². The molecule has 12 heavy (non-hydrogen) atoms. The van der Waals surface area contributed by atoms with Gasteiger partial charge in [-0.3, -0.25) is 0 Å². The van der Waals surface area contributed by atoms with Gasteiger partial charge >= 0.3 is 0 Å². The van der Waals surface area contributed by atoms with E-state index >= 15 is 0 Å². The summed E-state index contributed by atoms with van der Waals surface area (Å²) in [6.07, 6.45) is 2.12. The predicted octanol–water partition coefficient (Wildman–Crippen LogP) is 2.89. The normalized spacial score (nSPS) is 19.2. The molecule has 1 aromatic carbocycles. The zero-order valence-corrected chi connectivity index (χ0v) is 8.29. The van der Waals surface area contributed by atoms with Crippen LogP contribution in [0.1, 0.15) is 24.5 Å². The van der Waals surface area contributed by atoms with Crippen LogP contribution >= 0.6 is 15.9 Å². The van der Waals surface area contributed by atoms with E-state index in [1.165, 1.54) is 12.8 Å². The molecule has 1 unspecified atom stereocenters. The third-order valence-electron chi connectivity index (χ3n) is 2.28. The average Bonchev–Trinajstić information content (AvgIpc) is 2.87. The number of rotatable bonds is 2. The largest absolute Gasteiger partial charge is 0.388 e. The summed E-state index contributed by atoms with van der Waals surface area (Å²) in [7, 11) is 0. The highest BCUT2D eigenvalue weighted by Crippen LogP contribution is 2.40. The molecule has 0 aliphatic heterocycles. The molecule has 0 radical (unpaired) electrons. The van der Waals surface area contributed by atoms with Gasteiger partial charge in [0.1, 0.15) is 0 Å². The Hall–Kier alpha value is -0.340. The summed E-state index contributed by atoms with van der Waals surface area (Å²) in [5.41, 5.74) is 1.04. The maximum Gasteiger partial charge on any atom is 0.0818 e. The van der Waals surface area contributed by atoms with Crippen molar-refractivity contribution in [3.05, 3.63) is 34.3 Å². The lowest BCUT2D eigenvalue weighted by Crippen LogP contribution is -1.98. The van der Waals surface area contributed by atoms with Gasteiger partial charge in [0.2, 0.25) is 0 Å². The lowest BCUT2D eigenvalue weighted by atomic mass is 10.1. The van der Waals surface area contributed by atoms with E-state index in [4.69, 9.17) is 0 Å². The Labute approximate surface area is 80.5 Å². The lowest BCUT2D eigenvalue weighted by Gasteiger charge is -2.08. The topological polar surface area (TPSA) is 20.2 Å². The quantitative estimate of drug-likeness (QED) is 0.823. The van der Waals surface area contributed by atoms with Crippen LogP contribution in [-0.4, -0.2) is 5.11 Å². The first kappa shape index (κ1) is 8.27. The Morgan fingerprint density at radius 3 is 2.33 bits per heavy atom. The predicted molar refractivity (Wildman–Crippen MR) is 51.8 cm³/mol. The molecule has 0 amide bonds. The van der Waals surface area contributed by atoms with Crippen molar-refractivity contribution in [1.82, 2.24) is 0 Å². The number of halogens is 1. The molecular weight excluding hydrogens is 216 g/mol. The molecule has 0 bridgehead atoms. The van der Waals surface area contributed by atoms with Gasteiger partial charge in [0.15, 0.2) is 0 Å². The molecule has 1 aliphatic carbocycles. The molecule has 2 heteroatoms. The Kier molecular flexibility index (Phi) is 2.20. The molecule has 2 rings (SSSR count). The van der Waals surface area contributed by atoms with Gasteiger partial charge in [-0.2, -0.15) is 0 Å². The molecule has 1 saturated carbocycles. The summed E-state index contributed by atoms with van der Waals surface area (Å²) in [5, 5.41) is 9.74. The molecule has 1 atom stereocenters. The molecular formula is C10H11BrO. The van der Waals surface area contributed by atoms with E-state index in [1.54, 1.807) is 0 Å². The highest BCUT2D eigenvalue weighted by Gasteiger charge is 2.30. The van der Waals surface area contributed by atoms with E-state index in [9.17, 15) is 5.11 Å². The molecule has 0 saturated heterocycles. The lowest BCUT2D eigenvalue weighted by molar-refractivity contribution is 0.154. The SMILES string of the molecule is OC(c1ccc(Br)cc1)C1CC1. The third-order valence-corrected chi connectivity index (χ3v) is 2.81. The number of aliphatic hydroxyl groups is 1. The number of aliphatic hydroxyl groups excluding tert-OH is 1. The van der Waals surface area contributed by atoms with E-state index < -0.39 is 0 Å². The van der Waals surface area contributed by atoms with E-state index in [-0.39, 0.29) is 6.10 Å². The average molecular weight is 227 g/mol. The molecule has 1 aromatic rings. The fraction of sp³-hybridized carbons (Fsp3) is 0.400. The molecule has 1 aliphatic rings. The Balaban J connectivity index is 2.16. The second-order valence-electron chi connectivity index (χ2n) is 3.33. The van der Waals surface area contributed by atoms with Gasteiger partial charge in [0.25, 0.3) is 0 Å². The van der Waals surface area contributed by atoms with E-state index in [0.717, 1.165) is 10.0 Å². The summed E-state index contributed by atoms with van der Waals surface area (Å²) in [6.45, 7) is 0. The molecule has 0 heterocycles. The number of benzene rings is 1. The third kappa shape index (κ3) is 1.70. The first-order chi connectivity index (χ1) is 5.77. The van der Waals surface area contributed by atoms with Crippen LogP contribution in [0, 0.1) is 5.92 Å². The van der Waals surface area contributed by atoms with Gasteiger partial charge in [-0.15, -0.1) is 0 Å². The van der Waals surface area contributed by atoms with Crippen LogP contribution in [0.5, 0.6) is 0 Å². The summed E-state index contributed by atoms with van der Waals surface area (Å²) < 4.78 is 1.06.